The van der Waals surface area contributed by atoms with E-state index < -0.39 is 0 Å². The number of rotatable bonds is 7. The van der Waals surface area contributed by atoms with E-state index in [9.17, 15) is 4.79 Å². The van der Waals surface area contributed by atoms with E-state index in [4.69, 9.17) is 10.5 Å². The van der Waals surface area contributed by atoms with Gasteiger partial charge in [0.2, 0.25) is 5.95 Å². The molecule has 0 saturated heterocycles. The van der Waals surface area contributed by atoms with Gasteiger partial charge in [-0.1, -0.05) is 13.8 Å². The number of esters is 1. The van der Waals surface area contributed by atoms with Crippen LogP contribution < -0.4 is 5.73 Å². The minimum absolute atomic E-state index is 0.0441. The van der Waals surface area contributed by atoms with E-state index in [0.717, 1.165) is 19.6 Å². The second-order valence-corrected chi connectivity index (χ2v) is 3.55. The molecule has 0 aliphatic heterocycles. The van der Waals surface area contributed by atoms with Crippen molar-refractivity contribution in [2.75, 3.05) is 32.0 Å². The molecule has 0 saturated carbocycles. The van der Waals surface area contributed by atoms with Gasteiger partial charge in [-0.15, -0.1) is 5.10 Å². The molecule has 0 radical (unpaired) electrons. The second kappa shape index (κ2) is 6.85. The molecule has 1 heterocycles. The Labute approximate surface area is 101 Å². The SMILES string of the molecule is CCN(CC)CCOC(=O)Cn1cnc(N)n1. The monoisotopic (exact) mass is 241 g/mol. The molecule has 0 spiro atoms. The first-order valence-electron chi connectivity index (χ1n) is 5.68. The van der Waals surface area contributed by atoms with Gasteiger partial charge in [0.1, 0.15) is 19.5 Å². The Morgan fingerprint density at radius 1 is 1.53 bits per heavy atom. The summed E-state index contributed by atoms with van der Waals surface area (Å²) in [5, 5.41) is 3.80. The van der Waals surface area contributed by atoms with Crippen molar-refractivity contribution in [2.45, 2.75) is 20.4 Å². The van der Waals surface area contributed by atoms with E-state index in [1.807, 2.05) is 0 Å². The van der Waals surface area contributed by atoms with E-state index in [1.165, 1.54) is 11.0 Å². The third kappa shape index (κ3) is 4.81. The Balaban J connectivity index is 2.21. The molecule has 0 fully saturated rings. The summed E-state index contributed by atoms with van der Waals surface area (Å²) in [4.78, 5) is 17.3. The van der Waals surface area contributed by atoms with Gasteiger partial charge in [0.05, 0.1) is 0 Å². The van der Waals surface area contributed by atoms with Gasteiger partial charge in [-0.2, -0.15) is 0 Å². The van der Waals surface area contributed by atoms with Crippen LogP contribution in [-0.2, 0) is 16.1 Å². The Kier molecular flexibility index (Phi) is 5.41. The number of likely N-dealkylation sites (N-methyl/N-ethyl adjacent to an activating group) is 1. The summed E-state index contributed by atoms with van der Waals surface area (Å²) in [6.07, 6.45) is 1.40. The van der Waals surface area contributed by atoms with Crippen LogP contribution in [0.15, 0.2) is 6.33 Å². The third-order valence-electron chi connectivity index (χ3n) is 2.41. The lowest BCUT2D eigenvalue weighted by Gasteiger charge is -2.17. The smallest absolute Gasteiger partial charge is 0.327 e. The Morgan fingerprint density at radius 3 is 2.76 bits per heavy atom. The molecular formula is C10H19N5O2. The topological polar surface area (TPSA) is 86.3 Å². The lowest BCUT2D eigenvalue weighted by molar-refractivity contribution is -0.145. The average molecular weight is 241 g/mol. The molecule has 17 heavy (non-hydrogen) atoms. The molecule has 2 N–H and O–H groups in total. The molecule has 0 atom stereocenters. The van der Waals surface area contributed by atoms with E-state index in [0.29, 0.717) is 6.61 Å². The number of nitrogens with two attached hydrogens (primary N) is 1. The van der Waals surface area contributed by atoms with E-state index in [2.05, 4.69) is 28.8 Å². The van der Waals surface area contributed by atoms with Crippen LogP contribution in [0, 0.1) is 0 Å². The predicted octanol–water partition coefficient (Wildman–Crippen LogP) is -0.255. The summed E-state index contributed by atoms with van der Waals surface area (Å²) >= 11 is 0. The highest BCUT2D eigenvalue weighted by Gasteiger charge is 2.06. The second-order valence-electron chi connectivity index (χ2n) is 3.55. The first-order chi connectivity index (χ1) is 8.15. The molecule has 0 bridgehead atoms. The van der Waals surface area contributed by atoms with Gasteiger partial charge in [0.15, 0.2) is 0 Å². The van der Waals surface area contributed by atoms with Crippen molar-refractivity contribution in [3.63, 3.8) is 0 Å². The molecule has 0 amide bonds. The normalized spacial score (nSPS) is 10.8. The zero-order valence-corrected chi connectivity index (χ0v) is 10.3. The molecule has 96 valence electrons. The summed E-state index contributed by atoms with van der Waals surface area (Å²) in [5.74, 6) is -0.178. The summed E-state index contributed by atoms with van der Waals surface area (Å²) in [6.45, 7) is 7.24. The maximum atomic E-state index is 11.4. The highest BCUT2D eigenvalue weighted by atomic mass is 16.5. The van der Waals surface area contributed by atoms with E-state index >= 15 is 0 Å². The largest absolute Gasteiger partial charge is 0.463 e. The van der Waals surface area contributed by atoms with Crippen LogP contribution in [0.3, 0.4) is 0 Å². The molecule has 0 aliphatic carbocycles. The number of carbonyl (C=O) groups is 1. The number of nitrogen functional groups attached to an aromatic ring is 1. The predicted molar refractivity (Wildman–Crippen MR) is 63.2 cm³/mol. The first kappa shape index (κ1) is 13.4. The first-order valence-corrected chi connectivity index (χ1v) is 5.68. The average Bonchev–Trinajstić information content (AvgIpc) is 2.70. The van der Waals surface area contributed by atoms with Crippen molar-refractivity contribution in [2.24, 2.45) is 0 Å². The molecule has 7 nitrogen and oxygen atoms in total. The zero-order chi connectivity index (χ0) is 12.7. The fraction of sp³-hybridized carbons (Fsp3) is 0.700. The van der Waals surface area contributed by atoms with Crippen molar-refractivity contribution in [3.8, 4) is 0 Å². The number of hydrogen-bond donors (Lipinski definition) is 1. The van der Waals surface area contributed by atoms with Crippen molar-refractivity contribution in [1.82, 2.24) is 19.7 Å². The van der Waals surface area contributed by atoms with Gasteiger partial charge < -0.3 is 15.4 Å². The van der Waals surface area contributed by atoms with Gasteiger partial charge in [-0.05, 0) is 13.1 Å². The van der Waals surface area contributed by atoms with Crippen LogP contribution in [-0.4, -0.2) is 51.9 Å². The fourth-order valence-corrected chi connectivity index (χ4v) is 1.39. The Bertz CT molecular complexity index is 348. The van der Waals surface area contributed by atoms with E-state index in [1.54, 1.807) is 0 Å². The number of ether oxygens (including phenoxy) is 1. The van der Waals surface area contributed by atoms with Gasteiger partial charge >= 0.3 is 5.97 Å². The van der Waals surface area contributed by atoms with Gasteiger partial charge in [0.25, 0.3) is 0 Å². The number of hydrogen-bond acceptors (Lipinski definition) is 6. The minimum Gasteiger partial charge on any atom is -0.463 e. The molecule has 1 aromatic heterocycles. The number of carbonyl (C=O) groups excluding carboxylic acids is 1. The lowest BCUT2D eigenvalue weighted by atomic mass is 10.5. The summed E-state index contributed by atoms with van der Waals surface area (Å²) in [7, 11) is 0. The summed E-state index contributed by atoms with van der Waals surface area (Å²) in [6, 6.07) is 0. The van der Waals surface area contributed by atoms with Crippen LogP contribution in [0.2, 0.25) is 0 Å². The fourth-order valence-electron chi connectivity index (χ4n) is 1.39. The standard InChI is InChI=1S/C10H19N5O2/c1-3-14(4-2)5-6-17-9(16)7-15-8-12-10(11)13-15/h8H,3-7H2,1-2H3,(H2,11,13). The van der Waals surface area contributed by atoms with Crippen molar-refractivity contribution < 1.29 is 9.53 Å². The van der Waals surface area contributed by atoms with Crippen LogP contribution in [0.1, 0.15) is 13.8 Å². The number of anilines is 1. The summed E-state index contributed by atoms with van der Waals surface area (Å²) in [5.41, 5.74) is 5.33. The zero-order valence-electron chi connectivity index (χ0n) is 10.3. The molecule has 7 heteroatoms. The highest BCUT2D eigenvalue weighted by molar-refractivity contribution is 5.69. The quantitative estimate of drug-likeness (QED) is 0.662. The molecule has 0 aliphatic rings. The molecule has 1 aromatic rings. The maximum Gasteiger partial charge on any atom is 0.327 e. The Morgan fingerprint density at radius 2 is 2.24 bits per heavy atom. The van der Waals surface area contributed by atoms with Gasteiger partial charge in [-0.25, -0.2) is 9.67 Å². The summed E-state index contributed by atoms with van der Waals surface area (Å²) < 4.78 is 6.44. The number of aromatic nitrogens is 3. The van der Waals surface area contributed by atoms with Gasteiger partial charge in [0, 0.05) is 6.54 Å². The number of nitrogens with zero attached hydrogens (tertiary/aromatic N) is 4. The maximum absolute atomic E-state index is 11.4. The highest BCUT2D eigenvalue weighted by Crippen LogP contribution is 1.92. The van der Waals surface area contributed by atoms with Crippen LogP contribution in [0.4, 0.5) is 5.95 Å². The third-order valence-corrected chi connectivity index (χ3v) is 2.41. The molecule has 0 unspecified atom stereocenters. The van der Waals surface area contributed by atoms with Crippen molar-refractivity contribution in [3.05, 3.63) is 6.33 Å². The molecule has 0 aromatic carbocycles. The minimum atomic E-state index is -0.331. The molecule has 1 rings (SSSR count). The Hall–Kier alpha value is -1.63. The van der Waals surface area contributed by atoms with Crippen molar-refractivity contribution >= 4 is 11.9 Å². The van der Waals surface area contributed by atoms with Crippen LogP contribution in [0.5, 0.6) is 0 Å². The van der Waals surface area contributed by atoms with E-state index in [-0.39, 0.29) is 18.5 Å². The van der Waals surface area contributed by atoms with Crippen LogP contribution in [0.25, 0.3) is 0 Å². The lowest BCUT2D eigenvalue weighted by Crippen LogP contribution is -2.28. The van der Waals surface area contributed by atoms with Crippen molar-refractivity contribution in [1.29, 1.82) is 0 Å². The van der Waals surface area contributed by atoms with Gasteiger partial charge in [-0.3, -0.25) is 4.79 Å². The van der Waals surface area contributed by atoms with Crippen LogP contribution >= 0.6 is 0 Å². The molecular weight excluding hydrogens is 222 g/mol.